The molecule has 4 aromatic rings. The second kappa shape index (κ2) is 9.99. The van der Waals surface area contributed by atoms with Crippen molar-refractivity contribution in [2.45, 2.75) is 32.6 Å². The first kappa shape index (κ1) is 25.2. The largest absolute Gasteiger partial charge is 0.481 e. The van der Waals surface area contributed by atoms with Gasteiger partial charge in [0.05, 0.1) is 11.3 Å². The van der Waals surface area contributed by atoms with E-state index in [0.717, 1.165) is 49.0 Å². The second-order valence-electron chi connectivity index (χ2n) is 8.82. The highest BCUT2D eigenvalue weighted by atomic mass is 32.2. The van der Waals surface area contributed by atoms with E-state index in [9.17, 15) is 14.4 Å². The first-order valence-corrected chi connectivity index (χ1v) is 12.5. The molecule has 0 amide bonds. The van der Waals surface area contributed by atoms with E-state index in [-0.39, 0.29) is 11.5 Å². The van der Waals surface area contributed by atoms with Crippen molar-refractivity contribution in [3.63, 3.8) is 0 Å². The third-order valence-corrected chi connectivity index (χ3v) is 7.83. The number of carboxylic acids is 2. The molecular weight excluding hydrogens is 472 g/mol. The molecule has 0 saturated carbocycles. The molecule has 0 aromatic heterocycles. The number of carbonyl (C=O) groups excluding carboxylic acids is 1. The maximum Gasteiger partial charge on any atom is 0.335 e. The summed E-state index contributed by atoms with van der Waals surface area (Å²) in [6.07, 6.45) is 0. The van der Waals surface area contributed by atoms with Crippen LogP contribution in [0, 0.1) is 27.7 Å². The van der Waals surface area contributed by atoms with E-state index in [0.29, 0.717) is 11.1 Å². The SMILES string of the molecule is Cc1cc(C(=O)O)c(C)c(C)c1C.O=C(O)CSc1ccc2c3c(cccc13)C(=O)c1ccccc1-2. The summed E-state index contributed by atoms with van der Waals surface area (Å²) in [5, 5.41) is 19.7. The molecule has 0 heterocycles. The summed E-state index contributed by atoms with van der Waals surface area (Å²) in [7, 11) is 0. The van der Waals surface area contributed by atoms with Gasteiger partial charge < -0.3 is 10.2 Å². The van der Waals surface area contributed by atoms with Gasteiger partial charge in [-0.05, 0) is 78.6 Å². The van der Waals surface area contributed by atoms with Gasteiger partial charge in [0, 0.05) is 21.4 Å². The van der Waals surface area contributed by atoms with Gasteiger partial charge in [-0.1, -0.05) is 48.5 Å². The van der Waals surface area contributed by atoms with Crippen LogP contribution in [0.1, 0.15) is 48.5 Å². The van der Waals surface area contributed by atoms with E-state index in [1.54, 1.807) is 6.07 Å². The number of carbonyl (C=O) groups is 3. The molecule has 0 unspecified atom stereocenters. The molecule has 2 N–H and O–H groups in total. The Labute approximate surface area is 213 Å². The summed E-state index contributed by atoms with van der Waals surface area (Å²) < 4.78 is 0. The molecule has 0 radical (unpaired) electrons. The molecule has 0 saturated heterocycles. The number of hydrogen-bond donors (Lipinski definition) is 2. The zero-order chi connectivity index (χ0) is 26.1. The van der Waals surface area contributed by atoms with Gasteiger partial charge in [0.2, 0.25) is 0 Å². The summed E-state index contributed by atoms with van der Waals surface area (Å²) >= 11 is 1.28. The van der Waals surface area contributed by atoms with Crippen molar-refractivity contribution in [2.24, 2.45) is 0 Å². The minimum atomic E-state index is -0.850. The topological polar surface area (TPSA) is 91.7 Å². The minimum Gasteiger partial charge on any atom is -0.481 e. The normalized spacial score (nSPS) is 11.5. The van der Waals surface area contributed by atoms with Gasteiger partial charge in [-0.15, -0.1) is 11.8 Å². The number of aromatic carboxylic acids is 1. The monoisotopic (exact) mass is 498 g/mol. The number of carboxylic acid groups (broad SMARTS) is 2. The average Bonchev–Trinajstić information content (AvgIpc) is 2.87. The van der Waals surface area contributed by atoms with E-state index < -0.39 is 11.9 Å². The number of thioether (sulfide) groups is 1. The molecular formula is C30H26O5S. The fourth-order valence-corrected chi connectivity index (χ4v) is 5.32. The second-order valence-corrected chi connectivity index (χ2v) is 9.83. The quantitative estimate of drug-likeness (QED) is 0.263. The number of hydrogen-bond acceptors (Lipinski definition) is 4. The predicted octanol–water partition coefficient (Wildman–Crippen LogP) is 6.85. The van der Waals surface area contributed by atoms with Crippen molar-refractivity contribution in [3.05, 3.63) is 99.6 Å². The molecule has 5 rings (SSSR count). The molecule has 5 nitrogen and oxygen atoms in total. The highest BCUT2D eigenvalue weighted by Crippen LogP contribution is 2.42. The van der Waals surface area contributed by atoms with Crippen molar-refractivity contribution in [3.8, 4) is 11.1 Å². The number of ketones is 1. The van der Waals surface area contributed by atoms with Crippen LogP contribution < -0.4 is 0 Å². The lowest BCUT2D eigenvalue weighted by Crippen LogP contribution is -2.10. The zero-order valence-electron chi connectivity index (χ0n) is 20.5. The summed E-state index contributed by atoms with van der Waals surface area (Å²) in [4.78, 5) is 35.3. The van der Waals surface area contributed by atoms with Crippen molar-refractivity contribution in [1.82, 2.24) is 0 Å². The van der Waals surface area contributed by atoms with E-state index in [1.165, 1.54) is 17.3 Å². The Hall–Kier alpha value is -3.90. The number of aliphatic carboxylic acids is 1. The smallest absolute Gasteiger partial charge is 0.335 e. The summed E-state index contributed by atoms with van der Waals surface area (Å²) in [5.74, 6) is -1.66. The van der Waals surface area contributed by atoms with Crippen LogP contribution in [-0.4, -0.2) is 33.7 Å². The molecule has 1 aliphatic rings. The van der Waals surface area contributed by atoms with E-state index >= 15 is 0 Å². The highest BCUT2D eigenvalue weighted by molar-refractivity contribution is 8.00. The number of rotatable bonds is 4. The van der Waals surface area contributed by atoms with E-state index in [2.05, 4.69) is 0 Å². The fourth-order valence-electron chi connectivity index (χ4n) is 4.55. The first-order valence-electron chi connectivity index (χ1n) is 11.5. The van der Waals surface area contributed by atoms with Crippen LogP contribution in [-0.2, 0) is 4.79 Å². The molecule has 0 atom stereocenters. The van der Waals surface area contributed by atoms with Gasteiger partial charge in [-0.25, -0.2) is 4.79 Å². The van der Waals surface area contributed by atoms with Crippen molar-refractivity contribution >= 4 is 40.3 Å². The van der Waals surface area contributed by atoms with Crippen LogP contribution in [0.2, 0.25) is 0 Å². The highest BCUT2D eigenvalue weighted by Gasteiger charge is 2.25. The molecule has 0 spiro atoms. The Morgan fingerprint density at radius 1 is 0.750 bits per heavy atom. The van der Waals surface area contributed by atoms with Crippen LogP contribution in [0.15, 0.2) is 65.6 Å². The number of aryl methyl sites for hydroxylation is 1. The maximum absolute atomic E-state index is 12.8. The maximum atomic E-state index is 12.8. The molecule has 36 heavy (non-hydrogen) atoms. The van der Waals surface area contributed by atoms with Crippen molar-refractivity contribution in [2.75, 3.05) is 5.75 Å². The molecule has 182 valence electrons. The van der Waals surface area contributed by atoms with Gasteiger partial charge in [0.25, 0.3) is 0 Å². The Bertz CT molecular complexity index is 1550. The number of benzene rings is 4. The van der Waals surface area contributed by atoms with Gasteiger partial charge >= 0.3 is 11.9 Å². The molecule has 1 aliphatic carbocycles. The Balaban J connectivity index is 0.000000200. The van der Waals surface area contributed by atoms with Crippen LogP contribution in [0.25, 0.3) is 21.9 Å². The standard InChI is InChI=1S/C19H12O3S.C11H14O2/c20-17(21)10-23-16-9-8-12-11-4-1-2-5-13(11)19(22)15-7-3-6-14(16)18(12)15;1-6-5-10(11(12)13)9(4)8(3)7(6)2/h1-9H,10H2,(H,20,21);5H,1-4H3,(H,12,13). The summed E-state index contributed by atoms with van der Waals surface area (Å²) in [5.41, 5.74) is 7.98. The van der Waals surface area contributed by atoms with Gasteiger partial charge in [-0.3, -0.25) is 9.59 Å². The Morgan fingerprint density at radius 2 is 1.42 bits per heavy atom. The first-order chi connectivity index (χ1) is 17.1. The lowest BCUT2D eigenvalue weighted by Gasteiger charge is -2.20. The van der Waals surface area contributed by atoms with Crippen LogP contribution in [0.3, 0.4) is 0 Å². The van der Waals surface area contributed by atoms with Crippen LogP contribution in [0.4, 0.5) is 0 Å². The van der Waals surface area contributed by atoms with Crippen LogP contribution in [0.5, 0.6) is 0 Å². The fraction of sp³-hybridized carbons (Fsp3) is 0.167. The van der Waals surface area contributed by atoms with E-state index in [1.807, 2.05) is 82.3 Å². The van der Waals surface area contributed by atoms with Crippen molar-refractivity contribution < 1.29 is 24.6 Å². The lowest BCUT2D eigenvalue weighted by atomic mass is 9.83. The molecule has 6 heteroatoms. The molecule has 0 aliphatic heterocycles. The third-order valence-electron chi connectivity index (χ3n) is 6.77. The van der Waals surface area contributed by atoms with E-state index in [4.69, 9.17) is 10.2 Å². The van der Waals surface area contributed by atoms with Gasteiger partial charge in [0.15, 0.2) is 5.78 Å². The average molecular weight is 499 g/mol. The number of fused-ring (bicyclic) bond motifs is 2. The predicted molar refractivity (Wildman–Crippen MR) is 144 cm³/mol. The van der Waals surface area contributed by atoms with Gasteiger partial charge in [-0.2, -0.15) is 0 Å². The zero-order valence-corrected chi connectivity index (χ0v) is 21.3. The molecule has 4 aromatic carbocycles. The minimum absolute atomic E-state index is 0.00318. The summed E-state index contributed by atoms with van der Waals surface area (Å²) in [6.45, 7) is 7.77. The van der Waals surface area contributed by atoms with Gasteiger partial charge in [0.1, 0.15) is 0 Å². The third kappa shape index (κ3) is 4.52. The van der Waals surface area contributed by atoms with Crippen LogP contribution >= 0.6 is 11.8 Å². The molecule has 0 fully saturated rings. The Morgan fingerprint density at radius 3 is 2.08 bits per heavy atom. The summed E-state index contributed by atoms with van der Waals surface area (Å²) in [6, 6.07) is 18.9. The molecule has 0 bridgehead atoms. The van der Waals surface area contributed by atoms with Crippen molar-refractivity contribution in [1.29, 1.82) is 0 Å². The lowest BCUT2D eigenvalue weighted by molar-refractivity contribution is -0.133. The Kier molecular flexibility index (Phi) is 7.00.